The van der Waals surface area contributed by atoms with E-state index >= 15 is 0 Å². The van der Waals surface area contributed by atoms with Crippen LogP contribution in [0.25, 0.3) is 11.2 Å². The molecule has 0 N–H and O–H groups in total. The largest absolute Gasteiger partial charge is 0.270 e. The lowest BCUT2D eigenvalue weighted by Gasteiger charge is -2.05. The molecule has 3 aromatic rings. The van der Waals surface area contributed by atoms with Crippen LogP contribution in [0.1, 0.15) is 0 Å². The van der Waals surface area contributed by atoms with Gasteiger partial charge in [0.05, 0.1) is 4.90 Å². The van der Waals surface area contributed by atoms with E-state index in [-0.39, 0.29) is 21.2 Å². The van der Waals surface area contributed by atoms with Crippen LogP contribution in [-0.4, -0.2) is 27.3 Å². The maximum atomic E-state index is 12.4. The van der Waals surface area contributed by atoms with Gasteiger partial charge >= 0.3 is 0 Å². The smallest absolute Gasteiger partial charge is 0.231 e. The van der Waals surface area contributed by atoms with E-state index in [0.717, 1.165) is 3.97 Å². The molecule has 0 bridgehead atoms. The molecule has 0 amide bonds. The van der Waals surface area contributed by atoms with Crippen molar-refractivity contribution in [3.63, 3.8) is 0 Å². The third-order valence-electron chi connectivity index (χ3n) is 2.56. The average molecular weight is 295 g/mol. The lowest BCUT2D eigenvalue weighted by molar-refractivity contribution is 0.588. The standard InChI is InChI=1S/C11H7ClN4O2S/c12-10-9-11(14-6-13-10)16(7-15-9)19(17,18)8-4-2-1-3-5-8/h1-7H. The van der Waals surface area contributed by atoms with E-state index in [1.807, 2.05) is 0 Å². The van der Waals surface area contributed by atoms with Crippen LogP contribution in [0, 0.1) is 0 Å². The number of fused-ring (bicyclic) bond motifs is 1. The van der Waals surface area contributed by atoms with Crippen molar-refractivity contribution in [1.29, 1.82) is 0 Å². The fraction of sp³-hybridized carbons (Fsp3) is 0. The fourth-order valence-corrected chi connectivity index (χ4v) is 3.11. The predicted molar refractivity (Wildman–Crippen MR) is 69.4 cm³/mol. The fourth-order valence-electron chi connectivity index (χ4n) is 1.67. The summed E-state index contributed by atoms with van der Waals surface area (Å²) in [6.07, 6.45) is 2.37. The van der Waals surface area contributed by atoms with Gasteiger partial charge in [-0.2, -0.15) is 0 Å². The summed E-state index contributed by atoms with van der Waals surface area (Å²) < 4.78 is 25.9. The Bertz CT molecular complexity index is 846. The molecule has 0 aliphatic rings. The second kappa shape index (κ2) is 4.29. The summed E-state index contributed by atoms with van der Waals surface area (Å²) in [6, 6.07) is 8.04. The Morgan fingerprint density at radius 1 is 1.05 bits per heavy atom. The molecule has 2 aromatic heterocycles. The minimum Gasteiger partial charge on any atom is -0.231 e. The Morgan fingerprint density at radius 2 is 1.79 bits per heavy atom. The highest BCUT2D eigenvalue weighted by Crippen LogP contribution is 2.21. The number of rotatable bonds is 2. The van der Waals surface area contributed by atoms with Crippen molar-refractivity contribution >= 4 is 32.8 Å². The topological polar surface area (TPSA) is 77.7 Å². The number of imidazole rings is 1. The number of nitrogens with zero attached hydrogens (tertiary/aromatic N) is 4. The second-order valence-corrected chi connectivity index (χ2v) is 5.87. The zero-order valence-corrected chi connectivity index (χ0v) is 11.0. The van der Waals surface area contributed by atoms with Gasteiger partial charge in [0, 0.05) is 0 Å². The Morgan fingerprint density at radius 3 is 2.53 bits per heavy atom. The molecule has 3 rings (SSSR count). The molecule has 0 saturated carbocycles. The first-order chi connectivity index (χ1) is 9.10. The Hall–Kier alpha value is -1.99. The van der Waals surface area contributed by atoms with Crippen LogP contribution >= 0.6 is 11.6 Å². The second-order valence-electron chi connectivity index (χ2n) is 3.70. The maximum Gasteiger partial charge on any atom is 0.270 e. The van der Waals surface area contributed by atoms with Crippen molar-refractivity contribution < 1.29 is 8.42 Å². The number of halogens is 1. The van der Waals surface area contributed by atoms with Gasteiger partial charge in [-0.05, 0) is 12.1 Å². The summed E-state index contributed by atoms with van der Waals surface area (Å²) in [7, 11) is -3.73. The molecule has 0 fully saturated rings. The lowest BCUT2D eigenvalue weighted by atomic mass is 10.4. The third-order valence-corrected chi connectivity index (χ3v) is 4.49. The van der Waals surface area contributed by atoms with Crippen LogP contribution in [0.3, 0.4) is 0 Å². The van der Waals surface area contributed by atoms with Gasteiger partial charge in [-0.3, -0.25) is 0 Å². The summed E-state index contributed by atoms with van der Waals surface area (Å²) in [5.41, 5.74) is 0.410. The molecular formula is C11H7ClN4O2S. The molecule has 8 heteroatoms. The molecule has 0 unspecified atom stereocenters. The molecular weight excluding hydrogens is 288 g/mol. The quantitative estimate of drug-likeness (QED) is 0.672. The third kappa shape index (κ3) is 1.87. The van der Waals surface area contributed by atoms with Gasteiger partial charge in [0.2, 0.25) is 0 Å². The monoisotopic (exact) mass is 294 g/mol. The number of hydrogen-bond donors (Lipinski definition) is 0. The zero-order chi connectivity index (χ0) is 13.5. The van der Waals surface area contributed by atoms with E-state index in [1.54, 1.807) is 18.2 Å². The Labute approximate surface area is 113 Å². The van der Waals surface area contributed by atoms with Crippen LogP contribution in [0.5, 0.6) is 0 Å². The SMILES string of the molecule is O=S(=O)(c1ccccc1)n1cnc2c(Cl)ncnc21. The number of hydrogen-bond acceptors (Lipinski definition) is 5. The van der Waals surface area contributed by atoms with Gasteiger partial charge in [0.1, 0.15) is 18.2 Å². The van der Waals surface area contributed by atoms with Crippen LogP contribution < -0.4 is 0 Å². The summed E-state index contributed by atoms with van der Waals surface area (Å²) >= 11 is 5.84. The van der Waals surface area contributed by atoms with Crippen LogP contribution in [0.4, 0.5) is 0 Å². The van der Waals surface area contributed by atoms with Gasteiger partial charge in [-0.25, -0.2) is 27.3 Å². The summed E-state index contributed by atoms with van der Waals surface area (Å²) in [5.74, 6) is 0. The van der Waals surface area contributed by atoms with Crippen molar-refractivity contribution in [2.75, 3.05) is 0 Å². The van der Waals surface area contributed by atoms with E-state index in [1.165, 1.54) is 24.8 Å². The molecule has 0 aliphatic heterocycles. The minimum absolute atomic E-state index is 0.118. The van der Waals surface area contributed by atoms with Crippen molar-refractivity contribution in [3.05, 3.63) is 48.1 Å². The van der Waals surface area contributed by atoms with Crippen molar-refractivity contribution in [2.45, 2.75) is 4.90 Å². The highest BCUT2D eigenvalue weighted by Gasteiger charge is 2.21. The van der Waals surface area contributed by atoms with E-state index in [4.69, 9.17) is 11.6 Å². The van der Waals surface area contributed by atoms with Gasteiger partial charge in [-0.1, -0.05) is 29.8 Å². The van der Waals surface area contributed by atoms with Crippen molar-refractivity contribution in [1.82, 2.24) is 18.9 Å². The summed E-state index contributed by atoms with van der Waals surface area (Å²) in [6.45, 7) is 0. The van der Waals surface area contributed by atoms with Gasteiger partial charge in [0.25, 0.3) is 10.0 Å². The molecule has 96 valence electrons. The van der Waals surface area contributed by atoms with Crippen molar-refractivity contribution in [2.24, 2.45) is 0 Å². The molecule has 0 spiro atoms. The lowest BCUT2D eigenvalue weighted by Crippen LogP contribution is -2.12. The number of benzene rings is 1. The first-order valence-corrected chi connectivity index (χ1v) is 7.06. The van der Waals surface area contributed by atoms with Gasteiger partial charge in [0.15, 0.2) is 10.8 Å². The summed E-state index contributed by atoms with van der Waals surface area (Å²) in [5, 5.41) is 0.118. The summed E-state index contributed by atoms with van der Waals surface area (Å²) in [4.78, 5) is 11.8. The molecule has 19 heavy (non-hydrogen) atoms. The van der Waals surface area contributed by atoms with E-state index in [0.29, 0.717) is 0 Å². The van der Waals surface area contributed by atoms with E-state index in [9.17, 15) is 8.42 Å². The highest BCUT2D eigenvalue weighted by molar-refractivity contribution is 7.90. The first-order valence-electron chi connectivity index (χ1n) is 5.25. The molecule has 1 aromatic carbocycles. The first kappa shape index (κ1) is 12.1. The van der Waals surface area contributed by atoms with E-state index < -0.39 is 10.0 Å². The van der Waals surface area contributed by atoms with Crippen molar-refractivity contribution in [3.8, 4) is 0 Å². The molecule has 0 aliphatic carbocycles. The normalized spacial score (nSPS) is 11.8. The van der Waals surface area contributed by atoms with E-state index in [2.05, 4.69) is 15.0 Å². The molecule has 0 saturated heterocycles. The molecule has 6 nitrogen and oxygen atoms in total. The molecule has 0 atom stereocenters. The zero-order valence-electron chi connectivity index (χ0n) is 9.43. The van der Waals surface area contributed by atoms with Crippen LogP contribution in [-0.2, 0) is 10.0 Å². The Kier molecular flexibility index (Phi) is 2.72. The average Bonchev–Trinajstić information content (AvgIpc) is 2.86. The van der Waals surface area contributed by atoms with Gasteiger partial charge in [-0.15, -0.1) is 0 Å². The Balaban J connectivity index is 2.29. The van der Waals surface area contributed by atoms with Gasteiger partial charge < -0.3 is 0 Å². The number of aromatic nitrogens is 4. The van der Waals surface area contributed by atoms with Crippen LogP contribution in [0.15, 0.2) is 47.9 Å². The predicted octanol–water partition coefficient (Wildman–Crippen LogP) is 1.72. The van der Waals surface area contributed by atoms with Crippen LogP contribution in [0.2, 0.25) is 5.15 Å². The molecule has 0 radical (unpaired) electrons. The highest BCUT2D eigenvalue weighted by atomic mass is 35.5. The molecule has 2 heterocycles. The minimum atomic E-state index is -3.73. The maximum absolute atomic E-state index is 12.4.